The van der Waals surface area contributed by atoms with E-state index in [9.17, 15) is 4.79 Å². The third-order valence-electron chi connectivity index (χ3n) is 3.21. The van der Waals surface area contributed by atoms with Gasteiger partial charge >= 0.3 is 0 Å². The average molecular weight is 283 g/mol. The minimum atomic E-state index is -0.550. The van der Waals surface area contributed by atoms with Crippen LogP contribution in [0.5, 0.6) is 0 Å². The number of nitriles is 1. The Bertz CT molecular complexity index is 656. The Morgan fingerprint density at radius 1 is 1.48 bits per heavy atom. The molecule has 2 aromatic rings. The first-order valence-electron chi connectivity index (χ1n) is 6.73. The number of hydrogen-bond donors (Lipinski definition) is 2. The lowest BCUT2D eigenvalue weighted by molar-refractivity contribution is 0.100. The lowest BCUT2D eigenvalue weighted by Gasteiger charge is -2.11. The summed E-state index contributed by atoms with van der Waals surface area (Å²) >= 11 is 0. The highest BCUT2D eigenvalue weighted by Crippen LogP contribution is 2.23. The van der Waals surface area contributed by atoms with Gasteiger partial charge in [-0.25, -0.2) is 0 Å². The van der Waals surface area contributed by atoms with Gasteiger partial charge in [-0.3, -0.25) is 9.48 Å². The highest BCUT2D eigenvalue weighted by atomic mass is 16.1. The molecule has 0 radical (unpaired) electrons. The van der Waals surface area contributed by atoms with Gasteiger partial charge < -0.3 is 11.1 Å². The number of benzene rings is 1. The summed E-state index contributed by atoms with van der Waals surface area (Å²) in [5.41, 5.74) is 6.53. The van der Waals surface area contributed by atoms with E-state index >= 15 is 0 Å². The van der Waals surface area contributed by atoms with Gasteiger partial charge in [0.15, 0.2) is 5.82 Å². The zero-order valence-electron chi connectivity index (χ0n) is 11.8. The molecule has 6 heteroatoms. The quantitative estimate of drug-likeness (QED) is 0.851. The molecule has 0 saturated heterocycles. The van der Waals surface area contributed by atoms with Crippen LogP contribution < -0.4 is 11.1 Å². The van der Waals surface area contributed by atoms with Gasteiger partial charge in [-0.15, -0.1) is 0 Å². The fraction of sp³-hybridized carbons (Fsp3) is 0.267. The van der Waals surface area contributed by atoms with Crippen molar-refractivity contribution in [2.24, 2.45) is 5.73 Å². The zero-order valence-corrected chi connectivity index (χ0v) is 11.8. The number of aromatic nitrogens is 2. The van der Waals surface area contributed by atoms with Gasteiger partial charge in [0.1, 0.15) is 5.56 Å². The van der Waals surface area contributed by atoms with Gasteiger partial charge in [-0.2, -0.15) is 10.4 Å². The third kappa shape index (κ3) is 3.39. The van der Waals surface area contributed by atoms with Crippen LogP contribution in [-0.4, -0.2) is 15.7 Å². The predicted octanol–water partition coefficient (Wildman–Crippen LogP) is 2.59. The van der Waals surface area contributed by atoms with E-state index in [1.165, 1.54) is 0 Å². The van der Waals surface area contributed by atoms with Crippen molar-refractivity contribution in [2.75, 3.05) is 5.32 Å². The van der Waals surface area contributed by atoms with Crippen LogP contribution in [0.1, 0.15) is 36.2 Å². The topological polar surface area (TPSA) is 96.7 Å². The van der Waals surface area contributed by atoms with Crippen molar-refractivity contribution in [3.05, 3.63) is 42.1 Å². The van der Waals surface area contributed by atoms with E-state index in [2.05, 4.69) is 16.5 Å². The summed E-state index contributed by atoms with van der Waals surface area (Å²) in [6.45, 7) is 1.97. The average Bonchev–Trinajstić information content (AvgIpc) is 2.89. The number of carbonyl (C=O) groups excluding carboxylic acids is 1. The lowest BCUT2D eigenvalue weighted by atomic mass is 10.2. The van der Waals surface area contributed by atoms with Crippen molar-refractivity contribution >= 4 is 17.4 Å². The largest absolute Gasteiger partial charge is 0.365 e. The molecule has 0 aliphatic rings. The van der Waals surface area contributed by atoms with E-state index in [1.807, 2.05) is 37.3 Å². The van der Waals surface area contributed by atoms with E-state index in [0.29, 0.717) is 17.8 Å². The molecule has 0 saturated carbocycles. The molecule has 0 fully saturated rings. The second-order valence-electron chi connectivity index (χ2n) is 4.65. The Balaban J connectivity index is 2.34. The van der Waals surface area contributed by atoms with Crippen LogP contribution in [0.4, 0.5) is 11.5 Å². The van der Waals surface area contributed by atoms with Crippen LogP contribution >= 0.6 is 0 Å². The monoisotopic (exact) mass is 283 g/mol. The zero-order chi connectivity index (χ0) is 15.2. The van der Waals surface area contributed by atoms with E-state index in [4.69, 9.17) is 11.0 Å². The number of nitrogens with two attached hydrogens (primary N) is 1. The summed E-state index contributed by atoms with van der Waals surface area (Å²) in [5.74, 6) is -0.142. The molecule has 1 heterocycles. The number of anilines is 2. The molecule has 3 N–H and O–H groups in total. The SMILES string of the molecule is CC[C@@H](CC#N)n1cc(C(N)=O)c(Nc2ccccc2)n1. The van der Waals surface area contributed by atoms with Crippen LogP contribution in [0.25, 0.3) is 0 Å². The van der Waals surface area contributed by atoms with Crippen molar-refractivity contribution in [2.45, 2.75) is 25.8 Å². The molecule has 0 spiro atoms. The van der Waals surface area contributed by atoms with Crippen molar-refractivity contribution in [1.29, 1.82) is 5.26 Å². The van der Waals surface area contributed by atoms with Crippen molar-refractivity contribution in [3.63, 3.8) is 0 Å². The Labute approximate surface area is 123 Å². The molecule has 21 heavy (non-hydrogen) atoms. The first-order valence-corrected chi connectivity index (χ1v) is 6.73. The van der Waals surface area contributed by atoms with Gasteiger partial charge in [0.25, 0.3) is 5.91 Å². The summed E-state index contributed by atoms with van der Waals surface area (Å²) in [7, 11) is 0. The highest BCUT2D eigenvalue weighted by Gasteiger charge is 2.18. The van der Waals surface area contributed by atoms with E-state index in [-0.39, 0.29) is 6.04 Å². The van der Waals surface area contributed by atoms with Crippen LogP contribution in [0.15, 0.2) is 36.5 Å². The number of nitrogens with one attached hydrogen (secondary N) is 1. The Morgan fingerprint density at radius 3 is 2.76 bits per heavy atom. The molecule has 0 bridgehead atoms. The number of rotatable bonds is 6. The summed E-state index contributed by atoms with van der Waals surface area (Å²) in [6.07, 6.45) is 2.68. The summed E-state index contributed by atoms with van der Waals surface area (Å²) < 4.78 is 1.63. The summed E-state index contributed by atoms with van der Waals surface area (Å²) in [4.78, 5) is 11.6. The number of para-hydroxylation sites is 1. The van der Waals surface area contributed by atoms with Crippen LogP contribution in [0.2, 0.25) is 0 Å². The fourth-order valence-corrected chi connectivity index (χ4v) is 2.04. The van der Waals surface area contributed by atoms with Gasteiger partial charge in [0.2, 0.25) is 0 Å². The number of amides is 1. The van der Waals surface area contributed by atoms with E-state index in [0.717, 1.165) is 12.1 Å². The molecule has 108 valence electrons. The van der Waals surface area contributed by atoms with Crippen molar-refractivity contribution in [3.8, 4) is 6.07 Å². The molecule has 1 atom stereocenters. The number of hydrogen-bond acceptors (Lipinski definition) is 4. The van der Waals surface area contributed by atoms with Gasteiger partial charge in [-0.1, -0.05) is 25.1 Å². The third-order valence-corrected chi connectivity index (χ3v) is 3.21. The molecular formula is C15H17N5O. The molecule has 1 aromatic carbocycles. The maximum Gasteiger partial charge on any atom is 0.254 e. The standard InChI is InChI=1S/C15H17N5O/c1-2-12(8-9-16)20-10-13(14(17)21)15(19-20)18-11-6-4-3-5-7-11/h3-7,10,12H,2,8H2,1H3,(H2,17,21)(H,18,19)/t12-/m0/s1. The molecule has 0 aliphatic carbocycles. The molecule has 1 amide bonds. The second-order valence-corrected chi connectivity index (χ2v) is 4.65. The molecular weight excluding hydrogens is 266 g/mol. The maximum atomic E-state index is 11.6. The van der Waals surface area contributed by atoms with Gasteiger partial charge in [0, 0.05) is 11.9 Å². The van der Waals surface area contributed by atoms with Crippen molar-refractivity contribution < 1.29 is 4.79 Å². The first kappa shape index (κ1) is 14.6. The Kier molecular flexibility index (Phi) is 4.57. The lowest BCUT2D eigenvalue weighted by Crippen LogP contribution is -2.12. The normalized spacial score (nSPS) is 11.6. The molecule has 0 aliphatic heterocycles. The maximum absolute atomic E-state index is 11.6. The summed E-state index contributed by atoms with van der Waals surface area (Å²) in [6, 6.07) is 11.5. The smallest absolute Gasteiger partial charge is 0.254 e. The predicted molar refractivity (Wildman–Crippen MR) is 80.0 cm³/mol. The molecule has 6 nitrogen and oxygen atoms in total. The minimum absolute atomic E-state index is 0.0700. The molecule has 1 aromatic heterocycles. The van der Waals surface area contributed by atoms with Crippen LogP contribution in [0.3, 0.4) is 0 Å². The Morgan fingerprint density at radius 2 is 2.19 bits per heavy atom. The first-order chi connectivity index (χ1) is 10.2. The van der Waals surface area contributed by atoms with E-state index < -0.39 is 5.91 Å². The second kappa shape index (κ2) is 6.57. The van der Waals surface area contributed by atoms with Crippen LogP contribution in [0, 0.1) is 11.3 Å². The van der Waals surface area contributed by atoms with Gasteiger partial charge in [-0.05, 0) is 18.6 Å². The minimum Gasteiger partial charge on any atom is -0.365 e. The van der Waals surface area contributed by atoms with E-state index in [1.54, 1.807) is 10.9 Å². The van der Waals surface area contributed by atoms with Crippen molar-refractivity contribution in [1.82, 2.24) is 9.78 Å². The van der Waals surface area contributed by atoms with Gasteiger partial charge in [0.05, 0.1) is 18.5 Å². The highest BCUT2D eigenvalue weighted by molar-refractivity contribution is 5.98. The molecule has 0 unspecified atom stereocenters. The number of nitrogens with zero attached hydrogens (tertiary/aromatic N) is 3. The number of primary amides is 1. The fourth-order valence-electron chi connectivity index (χ4n) is 2.04. The Hall–Kier alpha value is -2.81. The summed E-state index contributed by atoms with van der Waals surface area (Å²) in [5, 5.41) is 16.3. The number of carbonyl (C=O) groups is 1. The molecule has 2 rings (SSSR count). The van der Waals surface area contributed by atoms with Crippen LogP contribution in [-0.2, 0) is 0 Å².